The molecule has 108 valence electrons. The van der Waals surface area contributed by atoms with Crippen LogP contribution in [0.2, 0.25) is 10.0 Å². The summed E-state index contributed by atoms with van der Waals surface area (Å²) in [6.07, 6.45) is 1.01. The molecule has 4 nitrogen and oxygen atoms in total. The van der Waals surface area contributed by atoms with Gasteiger partial charge in [-0.15, -0.1) is 5.10 Å². The zero-order valence-corrected chi connectivity index (χ0v) is 14.3. The second kappa shape index (κ2) is 6.89. The molecule has 2 rings (SSSR count). The molecule has 1 heterocycles. The Hall–Kier alpha value is -0.620. The minimum Gasteiger partial charge on any atom is -0.305 e. The molecule has 0 amide bonds. The van der Waals surface area contributed by atoms with Crippen LogP contribution >= 0.6 is 39.1 Å². The first kappa shape index (κ1) is 15.8. The third-order valence-electron chi connectivity index (χ3n) is 2.97. The van der Waals surface area contributed by atoms with Gasteiger partial charge in [-0.1, -0.05) is 35.3 Å². The molecule has 0 fully saturated rings. The Balaban J connectivity index is 2.50. The third kappa shape index (κ3) is 3.34. The van der Waals surface area contributed by atoms with E-state index in [0.29, 0.717) is 14.6 Å². The lowest BCUT2D eigenvalue weighted by Gasteiger charge is -2.20. The van der Waals surface area contributed by atoms with Crippen LogP contribution in [0.1, 0.15) is 30.6 Å². The molecule has 1 aromatic heterocycles. The Morgan fingerprint density at radius 2 is 2.15 bits per heavy atom. The number of nitrogens with one attached hydrogen (secondary N) is 1. The van der Waals surface area contributed by atoms with Gasteiger partial charge in [0.05, 0.1) is 11.7 Å². The van der Waals surface area contributed by atoms with Crippen LogP contribution in [0.5, 0.6) is 0 Å². The van der Waals surface area contributed by atoms with Crippen LogP contribution in [-0.2, 0) is 7.05 Å². The summed E-state index contributed by atoms with van der Waals surface area (Å²) in [4.78, 5) is 0. The summed E-state index contributed by atoms with van der Waals surface area (Å²) >= 11 is 15.9. The maximum atomic E-state index is 6.33. The highest BCUT2D eigenvalue weighted by Crippen LogP contribution is 2.33. The SMILES string of the molecule is CCCNC(c1cc(Cl)ccc1Cl)c1c(Br)nnn1C. The first-order chi connectivity index (χ1) is 9.54. The predicted octanol–water partition coefficient (Wildman–Crippen LogP) is 3.97. The van der Waals surface area contributed by atoms with Crippen molar-refractivity contribution in [1.82, 2.24) is 20.3 Å². The summed E-state index contributed by atoms with van der Waals surface area (Å²) in [7, 11) is 1.85. The maximum Gasteiger partial charge on any atom is 0.153 e. The minimum atomic E-state index is -0.115. The van der Waals surface area contributed by atoms with E-state index < -0.39 is 0 Å². The Labute approximate surface area is 136 Å². The molecule has 1 aromatic carbocycles. The maximum absolute atomic E-state index is 6.33. The standard InChI is InChI=1S/C13H15BrCl2N4/c1-3-6-17-11(12-13(14)18-19-20(12)2)9-7-8(15)4-5-10(9)16/h4-5,7,11,17H,3,6H2,1-2H3. The van der Waals surface area contributed by atoms with Gasteiger partial charge >= 0.3 is 0 Å². The second-order valence-electron chi connectivity index (χ2n) is 4.44. The van der Waals surface area contributed by atoms with E-state index in [1.807, 2.05) is 13.1 Å². The molecule has 0 aliphatic carbocycles. The molecule has 0 saturated carbocycles. The van der Waals surface area contributed by atoms with E-state index in [1.54, 1.807) is 16.8 Å². The summed E-state index contributed by atoms with van der Waals surface area (Å²) in [5.74, 6) is 0. The average molecular weight is 378 g/mol. The van der Waals surface area contributed by atoms with E-state index in [-0.39, 0.29) is 6.04 Å². The number of nitrogens with zero attached hydrogens (tertiary/aromatic N) is 3. The Kier molecular flexibility index (Phi) is 5.43. The van der Waals surface area contributed by atoms with E-state index in [9.17, 15) is 0 Å². The van der Waals surface area contributed by atoms with Crippen LogP contribution in [-0.4, -0.2) is 21.5 Å². The van der Waals surface area contributed by atoms with Gasteiger partial charge in [0.2, 0.25) is 0 Å². The fraction of sp³-hybridized carbons (Fsp3) is 0.385. The highest BCUT2D eigenvalue weighted by Gasteiger charge is 2.23. The predicted molar refractivity (Wildman–Crippen MR) is 85.3 cm³/mol. The molecule has 1 N–H and O–H groups in total. The van der Waals surface area contributed by atoms with Crippen molar-refractivity contribution in [3.05, 3.63) is 44.1 Å². The largest absolute Gasteiger partial charge is 0.305 e. The van der Waals surface area contributed by atoms with Gasteiger partial charge in [0.25, 0.3) is 0 Å². The van der Waals surface area contributed by atoms with Crippen molar-refractivity contribution in [2.45, 2.75) is 19.4 Å². The van der Waals surface area contributed by atoms with E-state index in [1.165, 1.54) is 0 Å². The molecule has 0 aliphatic heterocycles. The number of aromatic nitrogens is 3. The highest BCUT2D eigenvalue weighted by atomic mass is 79.9. The van der Waals surface area contributed by atoms with E-state index >= 15 is 0 Å². The number of aryl methyl sites for hydroxylation is 1. The average Bonchev–Trinajstić information content (AvgIpc) is 2.74. The normalized spacial score (nSPS) is 12.7. The van der Waals surface area contributed by atoms with Gasteiger partial charge in [0.15, 0.2) is 4.60 Å². The number of rotatable bonds is 5. The van der Waals surface area contributed by atoms with Crippen LogP contribution < -0.4 is 5.32 Å². The summed E-state index contributed by atoms with van der Waals surface area (Å²) in [5.41, 5.74) is 1.83. The van der Waals surface area contributed by atoms with E-state index in [4.69, 9.17) is 23.2 Å². The molecule has 0 radical (unpaired) electrons. The molecule has 0 spiro atoms. The Bertz CT molecular complexity index is 581. The first-order valence-corrected chi connectivity index (χ1v) is 7.83. The van der Waals surface area contributed by atoms with Crippen LogP contribution in [0.25, 0.3) is 0 Å². The zero-order chi connectivity index (χ0) is 14.7. The van der Waals surface area contributed by atoms with Crippen molar-refractivity contribution in [3.8, 4) is 0 Å². The minimum absolute atomic E-state index is 0.115. The number of hydrogen-bond donors (Lipinski definition) is 1. The van der Waals surface area contributed by atoms with Crippen LogP contribution in [0.15, 0.2) is 22.8 Å². The zero-order valence-electron chi connectivity index (χ0n) is 11.2. The lowest BCUT2D eigenvalue weighted by atomic mass is 10.0. The fourth-order valence-corrected chi connectivity index (χ4v) is 2.99. The highest BCUT2D eigenvalue weighted by molar-refractivity contribution is 9.10. The smallest absolute Gasteiger partial charge is 0.153 e. The number of benzene rings is 1. The molecule has 2 aromatic rings. The lowest BCUT2D eigenvalue weighted by molar-refractivity contribution is 0.549. The van der Waals surface area contributed by atoms with Crippen molar-refractivity contribution >= 4 is 39.1 Å². The summed E-state index contributed by atoms with van der Waals surface area (Å²) in [5, 5.41) is 12.8. The van der Waals surface area contributed by atoms with Crippen LogP contribution in [0.3, 0.4) is 0 Å². The van der Waals surface area contributed by atoms with Crippen molar-refractivity contribution < 1.29 is 0 Å². The van der Waals surface area contributed by atoms with Gasteiger partial charge in [-0.2, -0.15) is 0 Å². The molecule has 0 saturated heterocycles. The first-order valence-electron chi connectivity index (χ1n) is 6.28. The molecule has 1 unspecified atom stereocenters. The number of hydrogen-bond acceptors (Lipinski definition) is 3. The quantitative estimate of drug-likeness (QED) is 0.856. The molecule has 20 heavy (non-hydrogen) atoms. The van der Waals surface area contributed by atoms with Gasteiger partial charge in [-0.3, -0.25) is 0 Å². The molecule has 7 heteroatoms. The lowest BCUT2D eigenvalue weighted by Crippen LogP contribution is -2.26. The topological polar surface area (TPSA) is 42.7 Å². The summed E-state index contributed by atoms with van der Waals surface area (Å²) < 4.78 is 2.43. The molecule has 0 aliphatic rings. The van der Waals surface area contributed by atoms with Gasteiger partial charge in [0, 0.05) is 17.1 Å². The van der Waals surface area contributed by atoms with E-state index in [2.05, 4.69) is 38.5 Å². The second-order valence-corrected chi connectivity index (χ2v) is 6.04. The van der Waals surface area contributed by atoms with Gasteiger partial charge in [0.1, 0.15) is 0 Å². The van der Waals surface area contributed by atoms with Crippen molar-refractivity contribution in [2.24, 2.45) is 7.05 Å². The molecular weight excluding hydrogens is 363 g/mol. The summed E-state index contributed by atoms with van der Waals surface area (Å²) in [6.45, 7) is 2.96. The van der Waals surface area contributed by atoms with E-state index in [0.717, 1.165) is 24.2 Å². The fourth-order valence-electron chi connectivity index (χ4n) is 2.02. The van der Waals surface area contributed by atoms with Gasteiger partial charge in [-0.05, 0) is 52.7 Å². The molecule has 1 atom stereocenters. The monoisotopic (exact) mass is 376 g/mol. The van der Waals surface area contributed by atoms with Crippen molar-refractivity contribution in [2.75, 3.05) is 6.54 Å². The Morgan fingerprint density at radius 3 is 2.75 bits per heavy atom. The van der Waals surface area contributed by atoms with Gasteiger partial charge < -0.3 is 5.32 Å². The molecular formula is C13H15BrCl2N4. The van der Waals surface area contributed by atoms with Crippen molar-refractivity contribution in [1.29, 1.82) is 0 Å². The van der Waals surface area contributed by atoms with Crippen molar-refractivity contribution in [3.63, 3.8) is 0 Å². The number of halogens is 3. The van der Waals surface area contributed by atoms with Crippen LogP contribution in [0.4, 0.5) is 0 Å². The third-order valence-corrected chi connectivity index (χ3v) is 4.11. The summed E-state index contributed by atoms with van der Waals surface area (Å²) in [6, 6.07) is 5.34. The molecule has 0 bridgehead atoms. The van der Waals surface area contributed by atoms with Crippen LogP contribution in [0, 0.1) is 0 Å². The Morgan fingerprint density at radius 1 is 1.40 bits per heavy atom. The van der Waals surface area contributed by atoms with Gasteiger partial charge in [-0.25, -0.2) is 4.68 Å².